The van der Waals surface area contributed by atoms with E-state index in [-0.39, 0.29) is 24.4 Å². The summed E-state index contributed by atoms with van der Waals surface area (Å²) in [6.07, 6.45) is 0.205. The SMILES string of the molecule is CC(C)OCc1cccc(CNC(=O)CN2C[C@@H](CN)[C@H](c3ccccc3)C2)c1.Cl. The fraction of sp³-hybridized carbons (Fsp3) is 0.458. The normalized spacial score (nSPS) is 18.9. The highest BCUT2D eigenvalue weighted by Gasteiger charge is 2.33. The van der Waals surface area contributed by atoms with Crippen molar-refractivity contribution in [2.24, 2.45) is 11.7 Å². The quantitative estimate of drug-likeness (QED) is 0.639. The number of carbonyl (C=O) groups is 1. The Morgan fingerprint density at radius 2 is 1.87 bits per heavy atom. The zero-order chi connectivity index (χ0) is 20.6. The molecule has 3 rings (SSSR count). The molecule has 2 atom stereocenters. The molecular weight excluding hydrogens is 398 g/mol. The maximum absolute atomic E-state index is 12.5. The van der Waals surface area contributed by atoms with E-state index in [0.29, 0.717) is 38.1 Å². The van der Waals surface area contributed by atoms with Gasteiger partial charge in [0.15, 0.2) is 0 Å². The summed E-state index contributed by atoms with van der Waals surface area (Å²) in [7, 11) is 0. The number of hydrogen-bond acceptors (Lipinski definition) is 4. The Hall–Kier alpha value is -1.92. The van der Waals surface area contributed by atoms with Crippen LogP contribution in [-0.2, 0) is 22.7 Å². The zero-order valence-corrected chi connectivity index (χ0v) is 18.7. The topological polar surface area (TPSA) is 67.6 Å². The van der Waals surface area contributed by atoms with E-state index in [1.54, 1.807) is 0 Å². The van der Waals surface area contributed by atoms with Gasteiger partial charge >= 0.3 is 0 Å². The van der Waals surface area contributed by atoms with Gasteiger partial charge in [-0.3, -0.25) is 9.69 Å². The first-order chi connectivity index (χ1) is 14.0. The Labute approximate surface area is 186 Å². The van der Waals surface area contributed by atoms with Crippen molar-refractivity contribution in [1.29, 1.82) is 0 Å². The molecule has 0 saturated carbocycles. The predicted molar refractivity (Wildman–Crippen MR) is 124 cm³/mol. The summed E-state index contributed by atoms with van der Waals surface area (Å²) in [6.45, 7) is 7.98. The van der Waals surface area contributed by atoms with E-state index in [0.717, 1.165) is 24.2 Å². The third-order valence-corrected chi connectivity index (χ3v) is 5.48. The number of carbonyl (C=O) groups excluding carboxylic acids is 1. The molecule has 1 saturated heterocycles. The molecule has 1 aliphatic rings. The molecular formula is C24H34ClN3O2. The molecule has 5 nitrogen and oxygen atoms in total. The van der Waals surface area contributed by atoms with Crippen LogP contribution >= 0.6 is 12.4 Å². The molecule has 0 aliphatic carbocycles. The molecule has 3 N–H and O–H groups in total. The number of ether oxygens (including phenoxy) is 1. The summed E-state index contributed by atoms with van der Waals surface area (Å²) < 4.78 is 5.66. The van der Waals surface area contributed by atoms with Gasteiger partial charge in [-0.2, -0.15) is 0 Å². The number of nitrogens with two attached hydrogens (primary N) is 1. The third-order valence-electron chi connectivity index (χ3n) is 5.48. The number of nitrogens with zero attached hydrogens (tertiary/aromatic N) is 1. The third kappa shape index (κ3) is 7.10. The molecule has 6 heteroatoms. The second-order valence-corrected chi connectivity index (χ2v) is 8.16. The van der Waals surface area contributed by atoms with Gasteiger partial charge in [-0.1, -0.05) is 54.6 Å². The van der Waals surface area contributed by atoms with Crippen LogP contribution < -0.4 is 11.1 Å². The maximum atomic E-state index is 12.5. The summed E-state index contributed by atoms with van der Waals surface area (Å²) in [6, 6.07) is 18.7. The van der Waals surface area contributed by atoms with Gasteiger partial charge in [0.05, 0.1) is 19.3 Å². The minimum Gasteiger partial charge on any atom is -0.374 e. The number of rotatable bonds is 9. The minimum absolute atomic E-state index is 0. The van der Waals surface area contributed by atoms with Crippen LogP contribution in [0.1, 0.15) is 36.5 Å². The van der Waals surface area contributed by atoms with Gasteiger partial charge in [-0.05, 0) is 43.0 Å². The standard InChI is InChI=1S/C24H33N3O2.ClH/c1-18(2)29-17-20-8-6-7-19(11-20)13-26-24(28)16-27-14-22(12-25)23(15-27)21-9-4-3-5-10-21;/h3-11,18,22-23H,12-17,25H2,1-2H3,(H,26,28);1H/t22-,23+;/m1./s1. The lowest BCUT2D eigenvalue weighted by molar-refractivity contribution is -0.122. The van der Waals surface area contributed by atoms with Gasteiger partial charge < -0.3 is 15.8 Å². The van der Waals surface area contributed by atoms with Gasteiger partial charge in [0, 0.05) is 25.6 Å². The van der Waals surface area contributed by atoms with Crippen LogP contribution in [0.2, 0.25) is 0 Å². The summed E-state index contributed by atoms with van der Waals surface area (Å²) in [5.41, 5.74) is 9.54. The van der Waals surface area contributed by atoms with E-state index < -0.39 is 0 Å². The minimum atomic E-state index is 0. The number of nitrogens with one attached hydrogen (secondary N) is 1. The van der Waals surface area contributed by atoms with Crippen molar-refractivity contribution < 1.29 is 9.53 Å². The predicted octanol–water partition coefficient (Wildman–Crippen LogP) is 3.32. The second kappa shape index (κ2) is 12.1. The smallest absolute Gasteiger partial charge is 0.234 e. The monoisotopic (exact) mass is 431 g/mol. The van der Waals surface area contributed by atoms with E-state index in [4.69, 9.17) is 10.5 Å². The fourth-order valence-electron chi connectivity index (χ4n) is 3.96. The molecule has 0 spiro atoms. The van der Waals surface area contributed by atoms with E-state index in [2.05, 4.69) is 46.6 Å². The molecule has 1 amide bonds. The molecule has 164 valence electrons. The van der Waals surface area contributed by atoms with Gasteiger partial charge in [0.25, 0.3) is 0 Å². The van der Waals surface area contributed by atoms with E-state index >= 15 is 0 Å². The summed E-state index contributed by atoms with van der Waals surface area (Å²) >= 11 is 0. The van der Waals surface area contributed by atoms with Crippen LogP contribution in [0.25, 0.3) is 0 Å². The van der Waals surface area contributed by atoms with Crippen molar-refractivity contribution in [3.05, 3.63) is 71.3 Å². The van der Waals surface area contributed by atoms with Gasteiger partial charge in [0.1, 0.15) is 0 Å². The molecule has 1 heterocycles. The number of amides is 1. The van der Waals surface area contributed by atoms with Crippen LogP contribution in [0.4, 0.5) is 0 Å². The molecule has 0 aromatic heterocycles. The average Bonchev–Trinajstić information content (AvgIpc) is 3.14. The maximum Gasteiger partial charge on any atom is 0.234 e. The van der Waals surface area contributed by atoms with E-state index in [1.165, 1.54) is 5.56 Å². The van der Waals surface area contributed by atoms with Crippen molar-refractivity contribution in [3.8, 4) is 0 Å². The van der Waals surface area contributed by atoms with Crippen molar-refractivity contribution in [3.63, 3.8) is 0 Å². The first kappa shape index (κ1) is 24.4. The van der Waals surface area contributed by atoms with Gasteiger partial charge in [0.2, 0.25) is 5.91 Å². The van der Waals surface area contributed by atoms with Crippen LogP contribution in [0.5, 0.6) is 0 Å². The Kier molecular flexibility index (Phi) is 9.79. The van der Waals surface area contributed by atoms with E-state index in [9.17, 15) is 4.79 Å². The van der Waals surface area contributed by atoms with Crippen LogP contribution in [0.3, 0.4) is 0 Å². The van der Waals surface area contributed by atoms with Crippen molar-refractivity contribution >= 4 is 18.3 Å². The average molecular weight is 432 g/mol. The lowest BCUT2D eigenvalue weighted by Gasteiger charge is -2.16. The highest BCUT2D eigenvalue weighted by atomic mass is 35.5. The van der Waals surface area contributed by atoms with E-state index in [1.807, 2.05) is 32.0 Å². The lowest BCUT2D eigenvalue weighted by Crippen LogP contribution is -2.36. The fourth-order valence-corrected chi connectivity index (χ4v) is 3.96. The summed E-state index contributed by atoms with van der Waals surface area (Å²) in [5.74, 6) is 0.841. The number of hydrogen-bond donors (Lipinski definition) is 2. The Bertz CT molecular complexity index is 785. The molecule has 30 heavy (non-hydrogen) atoms. The summed E-state index contributed by atoms with van der Waals surface area (Å²) in [5, 5.41) is 3.05. The van der Waals surface area contributed by atoms with Crippen molar-refractivity contribution in [2.75, 3.05) is 26.2 Å². The number of likely N-dealkylation sites (tertiary alicyclic amines) is 1. The lowest BCUT2D eigenvalue weighted by atomic mass is 9.89. The molecule has 0 bridgehead atoms. The Morgan fingerprint density at radius 3 is 2.57 bits per heavy atom. The first-order valence-electron chi connectivity index (χ1n) is 10.5. The summed E-state index contributed by atoms with van der Waals surface area (Å²) in [4.78, 5) is 14.7. The van der Waals surface area contributed by atoms with Crippen LogP contribution in [0, 0.1) is 5.92 Å². The first-order valence-corrected chi connectivity index (χ1v) is 10.5. The zero-order valence-electron chi connectivity index (χ0n) is 17.9. The largest absolute Gasteiger partial charge is 0.374 e. The molecule has 1 fully saturated rings. The Morgan fingerprint density at radius 1 is 1.13 bits per heavy atom. The highest BCUT2D eigenvalue weighted by molar-refractivity contribution is 5.85. The molecule has 0 radical (unpaired) electrons. The van der Waals surface area contributed by atoms with Gasteiger partial charge in [-0.25, -0.2) is 0 Å². The van der Waals surface area contributed by atoms with Crippen LogP contribution in [0.15, 0.2) is 54.6 Å². The van der Waals surface area contributed by atoms with Crippen molar-refractivity contribution in [1.82, 2.24) is 10.2 Å². The highest BCUT2D eigenvalue weighted by Crippen LogP contribution is 2.31. The Balaban J connectivity index is 0.00000320. The molecule has 2 aromatic rings. The molecule has 0 unspecified atom stereocenters. The number of benzene rings is 2. The van der Waals surface area contributed by atoms with Crippen molar-refractivity contribution in [2.45, 2.75) is 39.0 Å². The van der Waals surface area contributed by atoms with Gasteiger partial charge in [-0.15, -0.1) is 12.4 Å². The molecule has 2 aromatic carbocycles. The molecule has 1 aliphatic heterocycles. The number of halogens is 1. The second-order valence-electron chi connectivity index (χ2n) is 8.16. The van der Waals surface area contributed by atoms with Crippen LogP contribution in [-0.4, -0.2) is 43.1 Å².